The second kappa shape index (κ2) is 5.37. The second-order valence-electron chi connectivity index (χ2n) is 5.69. The zero-order chi connectivity index (χ0) is 15.0. The number of hydrogen-bond donors (Lipinski definition) is 1. The van der Waals surface area contributed by atoms with E-state index >= 15 is 0 Å². The van der Waals surface area contributed by atoms with E-state index in [0.29, 0.717) is 17.5 Å². The van der Waals surface area contributed by atoms with Gasteiger partial charge in [0.25, 0.3) is 0 Å². The number of rotatable bonds is 3. The van der Waals surface area contributed by atoms with Gasteiger partial charge in [0.1, 0.15) is 5.65 Å². The lowest BCUT2D eigenvalue weighted by atomic mass is 10.1. The third-order valence-corrected chi connectivity index (χ3v) is 4.20. The van der Waals surface area contributed by atoms with Gasteiger partial charge in [0.05, 0.1) is 0 Å². The van der Waals surface area contributed by atoms with Gasteiger partial charge in [-0.15, -0.1) is 0 Å². The summed E-state index contributed by atoms with van der Waals surface area (Å²) in [5.74, 6) is -0.395. The molecule has 2 aromatic heterocycles. The Bertz CT molecular complexity index is 667. The number of likely N-dealkylation sites (N-methyl/N-ethyl adjacent to an activating group) is 2. The van der Waals surface area contributed by atoms with Crippen LogP contribution in [-0.2, 0) is 0 Å². The maximum absolute atomic E-state index is 11.7. The fourth-order valence-corrected chi connectivity index (χ4v) is 3.06. The molecular formula is C15H20N4O2. The van der Waals surface area contributed by atoms with Crippen molar-refractivity contribution in [2.45, 2.75) is 18.9 Å². The number of pyridine rings is 1. The summed E-state index contributed by atoms with van der Waals surface area (Å²) in [7, 11) is 4.04. The number of aromatic carboxylic acids is 1. The van der Waals surface area contributed by atoms with Crippen molar-refractivity contribution < 1.29 is 9.90 Å². The molecule has 0 spiro atoms. The largest absolute Gasteiger partial charge is 0.476 e. The standard InChI is InChI=1S/C15H20N4O2/c1-17-8-5-6-11(10-17)18(2)14-13(15(20)21)19-9-4-3-7-12(19)16-14/h3-4,7,9,11H,5-6,8,10H2,1-2H3,(H,20,21). The van der Waals surface area contributed by atoms with Crippen LogP contribution in [0.15, 0.2) is 24.4 Å². The third-order valence-electron chi connectivity index (χ3n) is 4.20. The number of piperidine rings is 1. The number of carboxylic acids is 1. The number of hydrogen-bond acceptors (Lipinski definition) is 4. The lowest BCUT2D eigenvalue weighted by Gasteiger charge is -2.36. The van der Waals surface area contributed by atoms with Gasteiger partial charge in [0.2, 0.25) is 0 Å². The van der Waals surface area contributed by atoms with Crippen LogP contribution in [-0.4, -0.2) is 58.6 Å². The molecule has 1 atom stereocenters. The highest BCUT2D eigenvalue weighted by molar-refractivity contribution is 5.93. The average molecular weight is 288 g/mol. The van der Waals surface area contributed by atoms with E-state index in [1.807, 2.05) is 30.1 Å². The molecule has 6 nitrogen and oxygen atoms in total. The fourth-order valence-electron chi connectivity index (χ4n) is 3.06. The van der Waals surface area contributed by atoms with Crippen LogP contribution in [0, 0.1) is 0 Å². The Hall–Kier alpha value is -2.08. The van der Waals surface area contributed by atoms with Crippen LogP contribution < -0.4 is 4.90 Å². The maximum Gasteiger partial charge on any atom is 0.356 e. The molecule has 1 aliphatic heterocycles. The second-order valence-corrected chi connectivity index (χ2v) is 5.69. The SMILES string of the molecule is CN1CCCC(N(C)c2nc3ccccn3c2C(=O)O)C1. The van der Waals surface area contributed by atoms with Gasteiger partial charge in [-0.25, -0.2) is 9.78 Å². The highest BCUT2D eigenvalue weighted by Gasteiger charge is 2.27. The molecule has 1 unspecified atom stereocenters. The van der Waals surface area contributed by atoms with E-state index in [9.17, 15) is 9.90 Å². The first kappa shape index (κ1) is 13.9. The van der Waals surface area contributed by atoms with E-state index in [-0.39, 0.29) is 5.69 Å². The van der Waals surface area contributed by atoms with Gasteiger partial charge < -0.3 is 14.9 Å². The predicted molar refractivity (Wildman–Crippen MR) is 81.1 cm³/mol. The maximum atomic E-state index is 11.7. The minimum atomic E-state index is -0.945. The van der Waals surface area contributed by atoms with E-state index < -0.39 is 5.97 Å². The first-order valence-electron chi connectivity index (χ1n) is 7.19. The number of nitrogens with zero attached hydrogens (tertiary/aromatic N) is 4. The molecule has 0 aliphatic carbocycles. The average Bonchev–Trinajstić information content (AvgIpc) is 2.85. The van der Waals surface area contributed by atoms with Crippen LogP contribution >= 0.6 is 0 Å². The lowest BCUT2D eigenvalue weighted by molar-refractivity contribution is 0.0690. The summed E-state index contributed by atoms with van der Waals surface area (Å²) in [6.45, 7) is 2.03. The summed E-state index contributed by atoms with van der Waals surface area (Å²) in [5, 5.41) is 9.55. The third kappa shape index (κ3) is 2.47. The van der Waals surface area contributed by atoms with Crippen molar-refractivity contribution in [1.29, 1.82) is 0 Å². The van der Waals surface area contributed by atoms with Gasteiger partial charge >= 0.3 is 5.97 Å². The summed E-state index contributed by atoms with van der Waals surface area (Å²) in [6.07, 6.45) is 3.94. The van der Waals surface area contributed by atoms with Crippen molar-refractivity contribution in [3.63, 3.8) is 0 Å². The zero-order valence-electron chi connectivity index (χ0n) is 12.4. The molecule has 1 N–H and O–H groups in total. The molecule has 2 aromatic rings. The molecule has 112 valence electrons. The first-order valence-corrected chi connectivity index (χ1v) is 7.19. The van der Waals surface area contributed by atoms with E-state index in [4.69, 9.17) is 0 Å². The molecular weight excluding hydrogens is 268 g/mol. The Morgan fingerprint density at radius 3 is 3.00 bits per heavy atom. The van der Waals surface area contributed by atoms with Gasteiger partial charge in [-0.3, -0.25) is 4.40 Å². The molecule has 0 radical (unpaired) electrons. The molecule has 1 fully saturated rings. The first-order chi connectivity index (χ1) is 10.1. The number of carboxylic acid groups (broad SMARTS) is 1. The zero-order valence-corrected chi connectivity index (χ0v) is 12.4. The molecule has 0 saturated carbocycles. The monoisotopic (exact) mass is 288 g/mol. The summed E-state index contributed by atoms with van der Waals surface area (Å²) in [4.78, 5) is 20.5. The Labute approximate surface area is 123 Å². The van der Waals surface area contributed by atoms with E-state index in [2.05, 4.69) is 16.9 Å². The Kier molecular flexibility index (Phi) is 3.55. The van der Waals surface area contributed by atoms with Crippen LogP contribution in [0.1, 0.15) is 23.3 Å². The van der Waals surface area contributed by atoms with Gasteiger partial charge in [-0.2, -0.15) is 0 Å². The van der Waals surface area contributed by atoms with E-state index in [1.165, 1.54) is 0 Å². The summed E-state index contributed by atoms with van der Waals surface area (Å²) < 4.78 is 1.64. The molecule has 21 heavy (non-hydrogen) atoms. The van der Waals surface area contributed by atoms with Gasteiger partial charge in [-0.1, -0.05) is 6.07 Å². The van der Waals surface area contributed by atoms with Crippen LogP contribution in [0.2, 0.25) is 0 Å². The molecule has 3 rings (SSSR count). The van der Waals surface area contributed by atoms with Crippen LogP contribution in [0.25, 0.3) is 5.65 Å². The number of carbonyl (C=O) groups is 1. The molecule has 1 aliphatic rings. The minimum absolute atomic E-state index is 0.237. The van der Waals surface area contributed by atoms with E-state index in [1.54, 1.807) is 10.6 Å². The van der Waals surface area contributed by atoms with Crippen molar-refractivity contribution in [2.75, 3.05) is 32.1 Å². The highest BCUT2D eigenvalue weighted by atomic mass is 16.4. The summed E-state index contributed by atoms with van der Waals surface area (Å²) in [5.41, 5.74) is 0.905. The molecule has 6 heteroatoms. The number of imidazole rings is 1. The molecule has 0 amide bonds. The Morgan fingerprint density at radius 2 is 2.29 bits per heavy atom. The van der Waals surface area contributed by atoms with Gasteiger partial charge in [0, 0.05) is 25.8 Å². The molecule has 0 bridgehead atoms. The fraction of sp³-hybridized carbons (Fsp3) is 0.467. The summed E-state index contributed by atoms with van der Waals surface area (Å²) in [6, 6.07) is 5.81. The number of likely N-dealkylation sites (tertiary alicyclic amines) is 1. The Morgan fingerprint density at radius 1 is 1.48 bits per heavy atom. The smallest absolute Gasteiger partial charge is 0.356 e. The number of anilines is 1. The lowest BCUT2D eigenvalue weighted by Crippen LogP contribution is -2.45. The van der Waals surface area contributed by atoms with Crippen molar-refractivity contribution in [3.8, 4) is 0 Å². The number of aromatic nitrogens is 2. The van der Waals surface area contributed by atoms with E-state index in [0.717, 1.165) is 25.9 Å². The van der Waals surface area contributed by atoms with Crippen molar-refractivity contribution in [3.05, 3.63) is 30.1 Å². The molecule has 0 aromatic carbocycles. The van der Waals surface area contributed by atoms with Crippen LogP contribution in [0.5, 0.6) is 0 Å². The van der Waals surface area contributed by atoms with Crippen LogP contribution in [0.3, 0.4) is 0 Å². The molecule has 1 saturated heterocycles. The van der Waals surface area contributed by atoms with Crippen molar-refractivity contribution >= 4 is 17.4 Å². The summed E-state index contributed by atoms with van der Waals surface area (Å²) >= 11 is 0. The normalized spacial score (nSPS) is 19.8. The minimum Gasteiger partial charge on any atom is -0.476 e. The topological polar surface area (TPSA) is 61.1 Å². The van der Waals surface area contributed by atoms with Gasteiger partial charge in [0.15, 0.2) is 11.5 Å². The Balaban J connectivity index is 2.02. The number of fused-ring (bicyclic) bond motifs is 1. The van der Waals surface area contributed by atoms with Crippen molar-refractivity contribution in [2.24, 2.45) is 0 Å². The van der Waals surface area contributed by atoms with Crippen LogP contribution in [0.4, 0.5) is 5.82 Å². The quantitative estimate of drug-likeness (QED) is 0.929. The highest BCUT2D eigenvalue weighted by Crippen LogP contribution is 2.25. The predicted octanol–water partition coefficient (Wildman–Crippen LogP) is 1.56. The van der Waals surface area contributed by atoms with Gasteiger partial charge in [-0.05, 0) is 38.6 Å². The van der Waals surface area contributed by atoms with Crippen molar-refractivity contribution in [1.82, 2.24) is 14.3 Å². The molecule has 3 heterocycles.